The average Bonchev–Trinajstić information content (AvgIpc) is 2.40. The first-order valence-corrected chi connectivity index (χ1v) is 5.94. The van der Waals surface area contributed by atoms with E-state index in [4.69, 9.17) is 4.74 Å². The fourth-order valence-corrected chi connectivity index (χ4v) is 1.16. The van der Waals surface area contributed by atoms with E-state index in [2.05, 4.69) is 16.2 Å². The third-order valence-electron chi connectivity index (χ3n) is 2.38. The van der Waals surface area contributed by atoms with Gasteiger partial charge in [0.2, 0.25) is 0 Å². The Balaban J connectivity index is 4.01. The molecule has 0 saturated heterocycles. The highest BCUT2D eigenvalue weighted by atomic mass is 16.5. The molecule has 0 unspecified atom stereocenters. The van der Waals surface area contributed by atoms with Gasteiger partial charge in [-0.05, 0) is 20.0 Å². The largest absolute Gasteiger partial charge is 0.461 e. The second kappa shape index (κ2) is 9.41. The van der Waals surface area contributed by atoms with E-state index in [1.165, 1.54) is 6.92 Å². The van der Waals surface area contributed by atoms with Crippen LogP contribution in [0.2, 0.25) is 0 Å². The van der Waals surface area contributed by atoms with E-state index >= 15 is 0 Å². The number of nitrogens with zero attached hydrogens (tertiary/aromatic N) is 1. The normalized spacial score (nSPS) is 11.2. The summed E-state index contributed by atoms with van der Waals surface area (Å²) in [7, 11) is 0. The number of rotatable bonds is 8. The van der Waals surface area contributed by atoms with Gasteiger partial charge in [-0.2, -0.15) is 0 Å². The van der Waals surface area contributed by atoms with Gasteiger partial charge in [-0.25, -0.2) is 9.59 Å². The first kappa shape index (κ1) is 16.4. The van der Waals surface area contributed by atoms with Crippen LogP contribution in [0.1, 0.15) is 20.8 Å². The highest BCUT2D eigenvalue weighted by Crippen LogP contribution is 1.98. The molecule has 0 aliphatic rings. The number of carbonyl (C=O) groups excluding carboxylic acids is 2. The first-order valence-electron chi connectivity index (χ1n) is 5.94. The Morgan fingerprint density at radius 1 is 1.28 bits per heavy atom. The van der Waals surface area contributed by atoms with Crippen molar-refractivity contribution in [2.24, 2.45) is 0 Å². The number of hydrogen-bond donors (Lipinski definition) is 0. The van der Waals surface area contributed by atoms with Crippen LogP contribution in [0.15, 0.2) is 24.5 Å². The van der Waals surface area contributed by atoms with Crippen molar-refractivity contribution in [2.45, 2.75) is 20.8 Å². The van der Waals surface area contributed by atoms with E-state index in [9.17, 15) is 9.59 Å². The van der Waals surface area contributed by atoms with Crippen molar-refractivity contribution in [3.05, 3.63) is 24.5 Å². The van der Waals surface area contributed by atoms with E-state index in [0.717, 1.165) is 25.4 Å². The third kappa shape index (κ3) is 6.85. The summed E-state index contributed by atoms with van der Waals surface area (Å²) in [6.07, 6.45) is 2.10. The predicted octanol–water partition coefficient (Wildman–Crippen LogP) is 1.50. The number of esters is 2. The molecule has 5 heteroatoms. The number of hydrogen-bond acceptors (Lipinski definition) is 5. The van der Waals surface area contributed by atoms with Crippen LogP contribution in [0.3, 0.4) is 0 Å². The summed E-state index contributed by atoms with van der Waals surface area (Å²) in [6, 6.07) is 0. The SMILES string of the molecule is C=CC(=O)O/C=C(\C)C(=O)OCCN(CC)CC. The topological polar surface area (TPSA) is 55.8 Å². The van der Waals surface area contributed by atoms with E-state index in [1.54, 1.807) is 0 Å². The molecule has 0 aromatic heterocycles. The summed E-state index contributed by atoms with van der Waals surface area (Å²) in [6.45, 7) is 11.7. The quantitative estimate of drug-likeness (QED) is 0.374. The molecule has 0 aliphatic heterocycles. The van der Waals surface area contributed by atoms with Crippen molar-refractivity contribution >= 4 is 11.9 Å². The summed E-state index contributed by atoms with van der Waals surface area (Å²) in [5.41, 5.74) is 0.241. The lowest BCUT2D eigenvalue weighted by molar-refractivity contribution is -0.139. The average molecular weight is 255 g/mol. The molecule has 0 aromatic rings. The fourth-order valence-electron chi connectivity index (χ4n) is 1.16. The molecule has 0 aliphatic carbocycles. The molecule has 0 N–H and O–H groups in total. The summed E-state index contributed by atoms with van der Waals surface area (Å²) in [4.78, 5) is 24.4. The summed E-state index contributed by atoms with van der Waals surface area (Å²) in [5, 5.41) is 0. The fraction of sp³-hybridized carbons (Fsp3) is 0.538. The van der Waals surface area contributed by atoms with Gasteiger partial charge in [0.15, 0.2) is 0 Å². The highest BCUT2D eigenvalue weighted by molar-refractivity contribution is 5.88. The predicted molar refractivity (Wildman–Crippen MR) is 68.8 cm³/mol. The monoisotopic (exact) mass is 255 g/mol. The van der Waals surface area contributed by atoms with Gasteiger partial charge in [-0.1, -0.05) is 20.4 Å². The van der Waals surface area contributed by atoms with Crippen molar-refractivity contribution < 1.29 is 19.1 Å². The molecular weight excluding hydrogens is 234 g/mol. The van der Waals surface area contributed by atoms with Gasteiger partial charge in [0.05, 0.1) is 5.57 Å². The van der Waals surface area contributed by atoms with E-state index in [1.807, 2.05) is 13.8 Å². The lowest BCUT2D eigenvalue weighted by Gasteiger charge is -2.17. The Labute approximate surface area is 108 Å². The van der Waals surface area contributed by atoms with E-state index in [0.29, 0.717) is 13.2 Å². The number of likely N-dealkylation sites (N-methyl/N-ethyl adjacent to an activating group) is 1. The van der Waals surface area contributed by atoms with Crippen LogP contribution in [-0.2, 0) is 19.1 Å². The molecule has 0 spiro atoms. The van der Waals surface area contributed by atoms with Crippen LogP contribution in [0.25, 0.3) is 0 Å². The maximum Gasteiger partial charge on any atom is 0.336 e. The van der Waals surface area contributed by atoms with Crippen molar-refractivity contribution in [3.63, 3.8) is 0 Å². The van der Waals surface area contributed by atoms with Crippen LogP contribution in [0.4, 0.5) is 0 Å². The van der Waals surface area contributed by atoms with Crippen molar-refractivity contribution in [3.8, 4) is 0 Å². The van der Waals surface area contributed by atoms with Gasteiger partial charge in [0.25, 0.3) is 0 Å². The van der Waals surface area contributed by atoms with Crippen molar-refractivity contribution in [1.82, 2.24) is 4.90 Å². The second-order valence-electron chi connectivity index (χ2n) is 3.60. The van der Waals surface area contributed by atoms with Crippen molar-refractivity contribution in [2.75, 3.05) is 26.2 Å². The van der Waals surface area contributed by atoms with Gasteiger partial charge in [-0.15, -0.1) is 0 Å². The molecule has 18 heavy (non-hydrogen) atoms. The molecular formula is C13H21NO4. The molecule has 0 amide bonds. The summed E-state index contributed by atoms with van der Waals surface area (Å²) >= 11 is 0. The standard InChI is InChI=1S/C13H21NO4/c1-5-12(15)18-10-11(4)13(16)17-9-8-14(6-2)7-3/h5,10H,1,6-9H2,2-4H3/b11-10+. The molecule has 0 radical (unpaired) electrons. The van der Waals surface area contributed by atoms with E-state index in [-0.39, 0.29) is 5.57 Å². The number of carbonyl (C=O) groups is 2. The lowest BCUT2D eigenvalue weighted by Crippen LogP contribution is -2.28. The minimum Gasteiger partial charge on any atom is -0.461 e. The minimum atomic E-state index is -0.606. The molecule has 5 nitrogen and oxygen atoms in total. The maximum absolute atomic E-state index is 11.5. The molecule has 0 saturated carbocycles. The molecule has 0 fully saturated rings. The van der Waals surface area contributed by atoms with Gasteiger partial charge in [0, 0.05) is 12.6 Å². The summed E-state index contributed by atoms with van der Waals surface area (Å²) in [5.74, 6) is -1.09. The first-order chi connectivity index (χ1) is 8.54. The van der Waals surface area contributed by atoms with Gasteiger partial charge < -0.3 is 14.4 Å². The second-order valence-corrected chi connectivity index (χ2v) is 3.60. The molecule has 102 valence electrons. The Morgan fingerprint density at radius 2 is 1.89 bits per heavy atom. The van der Waals surface area contributed by atoms with E-state index < -0.39 is 11.9 Å². The summed E-state index contributed by atoms with van der Waals surface area (Å²) < 4.78 is 9.65. The van der Waals surface area contributed by atoms with Crippen LogP contribution >= 0.6 is 0 Å². The van der Waals surface area contributed by atoms with Gasteiger partial charge >= 0.3 is 11.9 Å². The zero-order valence-corrected chi connectivity index (χ0v) is 11.3. The zero-order valence-electron chi connectivity index (χ0n) is 11.3. The third-order valence-corrected chi connectivity index (χ3v) is 2.38. The Hall–Kier alpha value is -1.62. The number of ether oxygens (including phenoxy) is 2. The van der Waals surface area contributed by atoms with Gasteiger partial charge in [-0.3, -0.25) is 0 Å². The maximum atomic E-state index is 11.5. The Kier molecular flexibility index (Phi) is 8.57. The van der Waals surface area contributed by atoms with Gasteiger partial charge in [0.1, 0.15) is 12.9 Å². The molecule has 0 rings (SSSR count). The molecule has 0 atom stereocenters. The minimum absolute atomic E-state index is 0.241. The van der Waals surface area contributed by atoms with Crippen LogP contribution in [0.5, 0.6) is 0 Å². The molecule has 0 bridgehead atoms. The molecule has 0 heterocycles. The zero-order chi connectivity index (χ0) is 14.0. The highest BCUT2D eigenvalue weighted by Gasteiger charge is 2.08. The lowest BCUT2D eigenvalue weighted by atomic mass is 10.3. The van der Waals surface area contributed by atoms with Crippen molar-refractivity contribution in [1.29, 1.82) is 0 Å². The van der Waals surface area contributed by atoms with Crippen LogP contribution < -0.4 is 0 Å². The van der Waals surface area contributed by atoms with Crippen LogP contribution in [0, 0.1) is 0 Å². The Morgan fingerprint density at radius 3 is 2.39 bits per heavy atom. The van der Waals surface area contributed by atoms with Crippen LogP contribution in [-0.4, -0.2) is 43.1 Å². The smallest absolute Gasteiger partial charge is 0.336 e. The molecule has 0 aromatic carbocycles. The Bertz CT molecular complexity index is 319.